The van der Waals surface area contributed by atoms with E-state index in [1.165, 1.54) is 23.8 Å². The molecule has 1 aromatic rings. The highest BCUT2D eigenvalue weighted by Gasteiger charge is 2.50. The quantitative estimate of drug-likeness (QED) is 0.805. The SMILES string of the molecule is CS(=O)(=O)Nc1ccc2c(c1)C1CC21. The fourth-order valence-electron chi connectivity index (χ4n) is 2.30. The van der Waals surface area contributed by atoms with Gasteiger partial charge in [0.25, 0.3) is 0 Å². The molecule has 3 rings (SSSR count). The third-order valence-corrected chi connectivity index (χ3v) is 3.59. The zero-order valence-electron chi connectivity index (χ0n) is 7.82. The number of nitrogens with one attached hydrogen (secondary N) is 1. The summed E-state index contributed by atoms with van der Waals surface area (Å²) in [6.07, 6.45) is 2.43. The van der Waals surface area contributed by atoms with Crippen LogP contribution in [0.25, 0.3) is 0 Å². The molecule has 0 saturated heterocycles. The van der Waals surface area contributed by atoms with Crippen molar-refractivity contribution in [1.29, 1.82) is 0 Å². The standard InChI is InChI=1S/C10H11NO2S/c1-14(12,13)11-6-2-3-7-8(4-6)10-5-9(7)10/h2-4,9-11H,5H2,1H3. The van der Waals surface area contributed by atoms with E-state index in [1.54, 1.807) is 0 Å². The van der Waals surface area contributed by atoms with E-state index in [9.17, 15) is 8.42 Å². The Morgan fingerprint density at radius 3 is 2.71 bits per heavy atom. The highest BCUT2D eigenvalue weighted by Crippen LogP contribution is 2.66. The Morgan fingerprint density at radius 1 is 1.29 bits per heavy atom. The van der Waals surface area contributed by atoms with Gasteiger partial charge in [-0.3, -0.25) is 4.72 Å². The van der Waals surface area contributed by atoms with E-state index in [2.05, 4.69) is 4.72 Å². The third kappa shape index (κ3) is 1.14. The van der Waals surface area contributed by atoms with Crippen LogP contribution in [0.4, 0.5) is 5.69 Å². The van der Waals surface area contributed by atoms with Crippen molar-refractivity contribution in [3.05, 3.63) is 29.3 Å². The highest BCUT2D eigenvalue weighted by atomic mass is 32.2. The lowest BCUT2D eigenvalue weighted by atomic mass is 9.88. The van der Waals surface area contributed by atoms with E-state index in [0.717, 1.165) is 11.8 Å². The highest BCUT2D eigenvalue weighted by molar-refractivity contribution is 7.92. The maximum atomic E-state index is 11.0. The number of fused-ring (bicyclic) bond motifs is 4. The van der Waals surface area contributed by atoms with Crippen molar-refractivity contribution in [2.45, 2.75) is 18.3 Å². The normalized spacial score (nSPS) is 27.2. The minimum atomic E-state index is -3.14. The van der Waals surface area contributed by atoms with Crippen molar-refractivity contribution in [2.75, 3.05) is 11.0 Å². The Kier molecular flexibility index (Phi) is 1.37. The second kappa shape index (κ2) is 2.31. The van der Waals surface area contributed by atoms with Gasteiger partial charge >= 0.3 is 0 Å². The largest absolute Gasteiger partial charge is 0.284 e. The average molecular weight is 209 g/mol. The van der Waals surface area contributed by atoms with Crippen LogP contribution in [-0.4, -0.2) is 14.7 Å². The summed E-state index contributed by atoms with van der Waals surface area (Å²) in [5.74, 6) is 1.52. The van der Waals surface area contributed by atoms with Gasteiger partial charge in [-0.1, -0.05) is 6.07 Å². The van der Waals surface area contributed by atoms with Gasteiger partial charge in [0.2, 0.25) is 10.0 Å². The molecular weight excluding hydrogens is 198 g/mol. The molecule has 0 spiro atoms. The Balaban J connectivity index is 1.95. The van der Waals surface area contributed by atoms with Gasteiger partial charge in [-0.05, 0) is 41.5 Å². The van der Waals surface area contributed by atoms with Gasteiger partial charge in [-0.25, -0.2) is 8.42 Å². The molecule has 74 valence electrons. The summed E-state index contributed by atoms with van der Waals surface area (Å²) in [4.78, 5) is 0. The fraction of sp³-hybridized carbons (Fsp3) is 0.400. The van der Waals surface area contributed by atoms with Gasteiger partial charge in [-0.2, -0.15) is 0 Å². The lowest BCUT2D eigenvalue weighted by molar-refractivity contribution is 0.607. The first-order valence-electron chi connectivity index (χ1n) is 4.66. The van der Waals surface area contributed by atoms with Crippen LogP contribution in [0.3, 0.4) is 0 Å². The van der Waals surface area contributed by atoms with E-state index in [-0.39, 0.29) is 0 Å². The van der Waals surface area contributed by atoms with E-state index < -0.39 is 10.0 Å². The molecule has 4 heteroatoms. The molecule has 3 nitrogen and oxygen atoms in total. The smallest absolute Gasteiger partial charge is 0.229 e. The van der Waals surface area contributed by atoms with Crippen molar-refractivity contribution >= 4 is 15.7 Å². The topological polar surface area (TPSA) is 46.2 Å². The zero-order valence-corrected chi connectivity index (χ0v) is 8.64. The summed E-state index contributed by atoms with van der Waals surface area (Å²) in [7, 11) is -3.14. The molecule has 0 aromatic heterocycles. The number of benzene rings is 1. The molecule has 1 fully saturated rings. The molecule has 0 amide bonds. The molecular formula is C10H11NO2S. The van der Waals surface area contributed by atoms with Crippen LogP contribution >= 0.6 is 0 Å². The van der Waals surface area contributed by atoms with Crippen LogP contribution in [0.2, 0.25) is 0 Å². The summed E-state index contributed by atoms with van der Waals surface area (Å²) in [6, 6.07) is 5.84. The van der Waals surface area contributed by atoms with Crippen LogP contribution in [0.1, 0.15) is 29.4 Å². The number of rotatable bonds is 2. The van der Waals surface area contributed by atoms with E-state index in [4.69, 9.17) is 0 Å². The molecule has 1 aromatic carbocycles. The lowest BCUT2D eigenvalue weighted by Gasteiger charge is -2.18. The Labute approximate surface area is 83.2 Å². The first-order chi connectivity index (χ1) is 6.54. The minimum Gasteiger partial charge on any atom is -0.284 e. The van der Waals surface area contributed by atoms with Gasteiger partial charge in [0, 0.05) is 5.69 Å². The first-order valence-corrected chi connectivity index (χ1v) is 6.55. The maximum Gasteiger partial charge on any atom is 0.229 e. The second-order valence-electron chi connectivity index (χ2n) is 4.17. The predicted molar refractivity (Wildman–Crippen MR) is 55.0 cm³/mol. The van der Waals surface area contributed by atoms with Gasteiger partial charge < -0.3 is 0 Å². The number of hydrogen-bond donors (Lipinski definition) is 1. The molecule has 2 aliphatic rings. The summed E-state index contributed by atoms with van der Waals surface area (Å²) >= 11 is 0. The van der Waals surface area contributed by atoms with Crippen LogP contribution in [0.5, 0.6) is 0 Å². The van der Waals surface area contributed by atoms with Crippen LogP contribution < -0.4 is 4.72 Å². The molecule has 0 radical (unpaired) electrons. The van der Waals surface area contributed by atoms with E-state index in [1.807, 2.05) is 18.2 Å². The van der Waals surface area contributed by atoms with Crippen molar-refractivity contribution in [3.8, 4) is 0 Å². The van der Waals surface area contributed by atoms with Crippen molar-refractivity contribution in [2.24, 2.45) is 0 Å². The maximum absolute atomic E-state index is 11.0. The van der Waals surface area contributed by atoms with Gasteiger partial charge in [0.15, 0.2) is 0 Å². The summed E-state index contributed by atoms with van der Waals surface area (Å²) < 4.78 is 24.5. The predicted octanol–water partition coefficient (Wildman–Crippen LogP) is 1.64. The lowest BCUT2D eigenvalue weighted by Crippen LogP contribution is -2.11. The Morgan fingerprint density at radius 2 is 2.00 bits per heavy atom. The van der Waals surface area contributed by atoms with Gasteiger partial charge in [0.1, 0.15) is 0 Å². The molecule has 1 N–H and O–H groups in total. The van der Waals surface area contributed by atoms with E-state index >= 15 is 0 Å². The monoisotopic (exact) mass is 209 g/mol. The van der Waals surface area contributed by atoms with Crippen molar-refractivity contribution in [1.82, 2.24) is 0 Å². The molecule has 2 aliphatic carbocycles. The minimum absolute atomic E-state index is 0.691. The molecule has 0 aliphatic heterocycles. The fourth-order valence-corrected chi connectivity index (χ4v) is 2.85. The van der Waals surface area contributed by atoms with Gasteiger partial charge in [-0.15, -0.1) is 0 Å². The Bertz CT molecular complexity index is 507. The zero-order chi connectivity index (χ0) is 9.92. The summed E-state index contributed by atoms with van der Waals surface area (Å²) in [5, 5.41) is 0. The molecule has 0 heterocycles. The van der Waals surface area contributed by atoms with Crippen molar-refractivity contribution in [3.63, 3.8) is 0 Å². The molecule has 2 unspecified atom stereocenters. The number of anilines is 1. The number of sulfonamides is 1. The summed E-state index contributed by atoms with van der Waals surface area (Å²) in [6.45, 7) is 0. The van der Waals surface area contributed by atoms with Crippen LogP contribution in [-0.2, 0) is 10.0 Å². The first kappa shape index (κ1) is 8.29. The van der Waals surface area contributed by atoms with Crippen LogP contribution in [0.15, 0.2) is 18.2 Å². The molecule has 14 heavy (non-hydrogen) atoms. The molecule has 0 bridgehead atoms. The summed E-state index contributed by atoms with van der Waals surface area (Å²) in [5.41, 5.74) is 3.44. The average Bonchev–Trinajstić information content (AvgIpc) is 2.73. The Hall–Kier alpha value is -1.03. The van der Waals surface area contributed by atoms with Crippen molar-refractivity contribution < 1.29 is 8.42 Å². The molecule has 1 saturated carbocycles. The van der Waals surface area contributed by atoms with Gasteiger partial charge in [0.05, 0.1) is 6.26 Å². The second-order valence-corrected chi connectivity index (χ2v) is 5.92. The molecule has 2 atom stereocenters. The number of hydrogen-bond acceptors (Lipinski definition) is 2. The van der Waals surface area contributed by atoms with E-state index in [0.29, 0.717) is 5.69 Å². The third-order valence-electron chi connectivity index (χ3n) is 2.98. The van der Waals surface area contributed by atoms with Crippen LogP contribution in [0, 0.1) is 0 Å².